The van der Waals surface area contributed by atoms with Gasteiger partial charge in [0.25, 0.3) is 0 Å². The van der Waals surface area contributed by atoms with E-state index in [9.17, 15) is 9.59 Å². The molecule has 0 aliphatic heterocycles. The van der Waals surface area contributed by atoms with Crippen molar-refractivity contribution in [3.05, 3.63) is 64.7 Å². The number of rotatable bonds is 5. The van der Waals surface area contributed by atoms with Crippen LogP contribution in [0, 0.1) is 13.8 Å². The summed E-state index contributed by atoms with van der Waals surface area (Å²) in [6.07, 6.45) is 0. The monoisotopic (exact) mass is 283 g/mol. The van der Waals surface area contributed by atoms with Crippen LogP contribution in [0.5, 0.6) is 0 Å². The van der Waals surface area contributed by atoms with Crippen LogP contribution in [0.1, 0.15) is 31.8 Å². The summed E-state index contributed by atoms with van der Waals surface area (Å²) in [6.45, 7) is 4.23. The highest BCUT2D eigenvalue weighted by Gasteiger charge is 2.08. The maximum atomic E-state index is 12.0. The number of aromatic carboxylic acids is 1. The fourth-order valence-corrected chi connectivity index (χ4v) is 1.93. The van der Waals surface area contributed by atoms with Gasteiger partial charge in [-0.3, -0.25) is 4.79 Å². The van der Waals surface area contributed by atoms with Gasteiger partial charge in [0.15, 0.2) is 5.78 Å². The molecule has 0 unspecified atom stereocenters. The Morgan fingerprint density at radius 1 is 0.952 bits per heavy atom. The molecule has 0 bridgehead atoms. The van der Waals surface area contributed by atoms with E-state index in [1.165, 1.54) is 35.4 Å². The van der Waals surface area contributed by atoms with Crippen molar-refractivity contribution in [3.8, 4) is 0 Å². The van der Waals surface area contributed by atoms with Gasteiger partial charge in [0, 0.05) is 11.3 Å². The van der Waals surface area contributed by atoms with Gasteiger partial charge in [0.1, 0.15) is 0 Å². The zero-order valence-electron chi connectivity index (χ0n) is 12.0. The summed E-state index contributed by atoms with van der Waals surface area (Å²) in [4.78, 5) is 22.8. The quantitative estimate of drug-likeness (QED) is 0.826. The minimum absolute atomic E-state index is 0.0785. The predicted molar refractivity (Wildman–Crippen MR) is 82.1 cm³/mol. The molecule has 2 aromatic rings. The second kappa shape index (κ2) is 6.22. The third kappa shape index (κ3) is 3.69. The molecule has 0 saturated carbocycles. The van der Waals surface area contributed by atoms with E-state index in [1.807, 2.05) is 32.0 Å². The standard InChI is InChI=1S/C17H17NO3/c1-11-3-8-15(9-12(11)2)18-10-16(19)13-4-6-14(7-5-13)17(20)21/h3-9,18H,10H2,1-2H3,(H,20,21). The van der Waals surface area contributed by atoms with Gasteiger partial charge in [-0.2, -0.15) is 0 Å². The van der Waals surface area contributed by atoms with Crippen LogP contribution in [0.15, 0.2) is 42.5 Å². The van der Waals surface area contributed by atoms with Crippen molar-refractivity contribution < 1.29 is 14.7 Å². The van der Waals surface area contributed by atoms with Crippen molar-refractivity contribution in [2.45, 2.75) is 13.8 Å². The van der Waals surface area contributed by atoms with E-state index >= 15 is 0 Å². The van der Waals surface area contributed by atoms with Crippen LogP contribution < -0.4 is 5.32 Å². The van der Waals surface area contributed by atoms with Crippen LogP contribution in [-0.2, 0) is 0 Å². The lowest BCUT2D eigenvalue weighted by molar-refractivity contribution is 0.0696. The molecule has 0 aliphatic rings. The molecule has 2 N–H and O–H groups in total. The summed E-state index contributed by atoms with van der Waals surface area (Å²) < 4.78 is 0. The number of hydrogen-bond acceptors (Lipinski definition) is 3. The molecule has 2 aromatic carbocycles. The SMILES string of the molecule is Cc1ccc(NCC(=O)c2ccc(C(=O)O)cc2)cc1C. The van der Waals surface area contributed by atoms with E-state index in [0.29, 0.717) is 5.56 Å². The van der Waals surface area contributed by atoms with Gasteiger partial charge < -0.3 is 10.4 Å². The minimum atomic E-state index is -0.998. The lowest BCUT2D eigenvalue weighted by Gasteiger charge is -2.08. The molecule has 0 heterocycles. The van der Waals surface area contributed by atoms with Crippen LogP contribution in [0.25, 0.3) is 0 Å². The van der Waals surface area contributed by atoms with E-state index in [0.717, 1.165) is 5.69 Å². The van der Waals surface area contributed by atoms with Gasteiger partial charge in [-0.1, -0.05) is 18.2 Å². The number of Topliss-reactive ketones (excluding diaryl/α,β-unsaturated/α-hetero) is 1. The molecule has 4 nitrogen and oxygen atoms in total. The smallest absolute Gasteiger partial charge is 0.335 e. The van der Waals surface area contributed by atoms with Gasteiger partial charge >= 0.3 is 5.97 Å². The van der Waals surface area contributed by atoms with E-state index in [-0.39, 0.29) is 17.9 Å². The van der Waals surface area contributed by atoms with Gasteiger partial charge in [-0.05, 0) is 49.2 Å². The van der Waals surface area contributed by atoms with Gasteiger partial charge in [-0.25, -0.2) is 4.79 Å². The molecule has 0 atom stereocenters. The summed E-state index contributed by atoms with van der Waals surface area (Å²) in [5.41, 5.74) is 3.94. The van der Waals surface area contributed by atoms with Crippen molar-refractivity contribution in [2.24, 2.45) is 0 Å². The summed E-state index contributed by atoms with van der Waals surface area (Å²) >= 11 is 0. The van der Waals surface area contributed by atoms with Crippen molar-refractivity contribution in [3.63, 3.8) is 0 Å². The number of carboxylic acid groups (broad SMARTS) is 1. The Labute approximate surface area is 123 Å². The van der Waals surface area contributed by atoms with E-state index in [2.05, 4.69) is 5.32 Å². The normalized spacial score (nSPS) is 10.2. The third-order valence-corrected chi connectivity index (χ3v) is 3.41. The Kier molecular flexibility index (Phi) is 4.38. The summed E-state index contributed by atoms with van der Waals surface area (Å²) in [6, 6.07) is 11.9. The molecule has 21 heavy (non-hydrogen) atoms. The fourth-order valence-electron chi connectivity index (χ4n) is 1.93. The van der Waals surface area contributed by atoms with Crippen molar-refractivity contribution in [1.29, 1.82) is 0 Å². The van der Waals surface area contributed by atoms with Gasteiger partial charge in [-0.15, -0.1) is 0 Å². The number of carbonyl (C=O) groups is 2. The van der Waals surface area contributed by atoms with Crippen molar-refractivity contribution in [1.82, 2.24) is 0 Å². The zero-order valence-corrected chi connectivity index (χ0v) is 12.0. The number of ketones is 1. The largest absolute Gasteiger partial charge is 0.478 e. The first-order valence-corrected chi connectivity index (χ1v) is 6.65. The van der Waals surface area contributed by atoms with Gasteiger partial charge in [0.05, 0.1) is 12.1 Å². The molecule has 0 radical (unpaired) electrons. The Morgan fingerprint density at radius 2 is 1.57 bits per heavy atom. The second-order valence-electron chi connectivity index (χ2n) is 4.96. The maximum absolute atomic E-state index is 12.0. The number of benzene rings is 2. The lowest BCUT2D eigenvalue weighted by atomic mass is 10.1. The van der Waals surface area contributed by atoms with Crippen LogP contribution in [0.2, 0.25) is 0 Å². The highest BCUT2D eigenvalue weighted by atomic mass is 16.4. The highest BCUT2D eigenvalue weighted by molar-refractivity contribution is 5.99. The van der Waals surface area contributed by atoms with Crippen molar-refractivity contribution in [2.75, 3.05) is 11.9 Å². The number of carboxylic acids is 1. The van der Waals surface area contributed by atoms with E-state index in [1.54, 1.807) is 0 Å². The molecule has 0 aliphatic carbocycles. The average molecular weight is 283 g/mol. The molecular weight excluding hydrogens is 266 g/mol. The molecule has 2 rings (SSSR count). The highest BCUT2D eigenvalue weighted by Crippen LogP contribution is 2.14. The van der Waals surface area contributed by atoms with Crippen LogP contribution in [0.4, 0.5) is 5.69 Å². The summed E-state index contributed by atoms with van der Waals surface area (Å²) in [5, 5.41) is 11.9. The first-order chi connectivity index (χ1) is 9.97. The average Bonchev–Trinajstić information content (AvgIpc) is 2.48. The lowest BCUT2D eigenvalue weighted by Crippen LogP contribution is -2.14. The Balaban J connectivity index is 2.01. The number of anilines is 1. The predicted octanol–water partition coefficient (Wildman–Crippen LogP) is 3.30. The fraction of sp³-hybridized carbons (Fsp3) is 0.176. The third-order valence-electron chi connectivity index (χ3n) is 3.41. The Morgan fingerprint density at radius 3 is 2.14 bits per heavy atom. The zero-order chi connectivity index (χ0) is 15.4. The summed E-state index contributed by atoms with van der Waals surface area (Å²) in [7, 11) is 0. The molecule has 0 fully saturated rings. The molecular formula is C17H17NO3. The summed E-state index contributed by atoms with van der Waals surface area (Å²) in [5.74, 6) is -1.08. The number of carbonyl (C=O) groups excluding carboxylic acids is 1. The van der Waals surface area contributed by atoms with E-state index < -0.39 is 5.97 Å². The molecule has 0 spiro atoms. The Bertz CT molecular complexity index is 675. The van der Waals surface area contributed by atoms with E-state index in [4.69, 9.17) is 5.11 Å². The van der Waals surface area contributed by atoms with Crippen LogP contribution >= 0.6 is 0 Å². The number of aryl methyl sites for hydroxylation is 2. The first kappa shape index (κ1) is 14.8. The minimum Gasteiger partial charge on any atom is -0.478 e. The van der Waals surface area contributed by atoms with Crippen LogP contribution in [0.3, 0.4) is 0 Å². The van der Waals surface area contributed by atoms with Gasteiger partial charge in [0.2, 0.25) is 0 Å². The second-order valence-corrected chi connectivity index (χ2v) is 4.96. The topological polar surface area (TPSA) is 66.4 Å². The molecule has 0 amide bonds. The molecule has 108 valence electrons. The molecule has 0 aromatic heterocycles. The van der Waals surface area contributed by atoms with Crippen LogP contribution in [-0.4, -0.2) is 23.4 Å². The molecule has 4 heteroatoms. The maximum Gasteiger partial charge on any atom is 0.335 e. The molecule has 0 saturated heterocycles. The van der Waals surface area contributed by atoms with Crippen molar-refractivity contribution >= 4 is 17.4 Å². The Hall–Kier alpha value is -2.62. The number of hydrogen-bond donors (Lipinski definition) is 2. The number of nitrogens with one attached hydrogen (secondary N) is 1. The first-order valence-electron chi connectivity index (χ1n) is 6.65.